The Balaban J connectivity index is 3.31. The van der Waals surface area contributed by atoms with E-state index in [9.17, 15) is 8.42 Å². The molecule has 4 nitrogen and oxygen atoms in total. The average Bonchev–Trinajstić information content (AvgIpc) is 2.36. The second-order valence-corrected chi connectivity index (χ2v) is 6.32. The highest BCUT2D eigenvalue weighted by molar-refractivity contribution is 9.10. The van der Waals surface area contributed by atoms with E-state index in [4.69, 9.17) is 11.5 Å². The van der Waals surface area contributed by atoms with Gasteiger partial charge in [0, 0.05) is 11.0 Å². The molecule has 18 heavy (non-hydrogen) atoms. The Hall–Kier alpha value is -0.870. The molecule has 0 unspecified atom stereocenters. The summed E-state index contributed by atoms with van der Waals surface area (Å²) in [6.07, 6.45) is 5.17. The third-order valence-corrected chi connectivity index (χ3v) is 5.33. The Bertz CT molecular complexity index is 563. The quantitative estimate of drug-likeness (QED) is 0.833. The molecule has 1 N–H and O–H groups in total. The van der Waals surface area contributed by atoms with E-state index in [-0.39, 0.29) is 18.0 Å². The Kier molecular flexibility index (Phi) is 5.35. The van der Waals surface area contributed by atoms with Crippen molar-refractivity contribution in [3.05, 3.63) is 28.2 Å². The van der Waals surface area contributed by atoms with Crippen LogP contribution in [0.25, 0.3) is 0 Å². The maximum atomic E-state index is 12.4. The number of sulfonamides is 1. The monoisotopic (exact) mass is 331 g/mol. The summed E-state index contributed by atoms with van der Waals surface area (Å²) in [7, 11) is -3.64. The van der Waals surface area contributed by atoms with Crippen molar-refractivity contribution in [3.63, 3.8) is 0 Å². The van der Waals surface area contributed by atoms with Crippen LogP contribution < -0.4 is 0 Å². The van der Waals surface area contributed by atoms with Crippen LogP contribution in [0.4, 0.5) is 0 Å². The van der Waals surface area contributed by atoms with Gasteiger partial charge in [0.25, 0.3) is 0 Å². The fraction of sp³-hybridized carbons (Fsp3) is 0.333. The number of hydrogen-bond acceptors (Lipinski definition) is 3. The number of aliphatic hydroxyl groups excluding tert-OH is 1. The van der Waals surface area contributed by atoms with Crippen LogP contribution in [-0.2, 0) is 16.6 Å². The lowest BCUT2D eigenvalue weighted by atomic mass is 10.2. The van der Waals surface area contributed by atoms with Gasteiger partial charge in [-0.1, -0.05) is 18.9 Å². The molecule has 0 saturated heterocycles. The van der Waals surface area contributed by atoms with Crippen molar-refractivity contribution in [1.29, 1.82) is 0 Å². The predicted molar refractivity (Wildman–Crippen MR) is 73.3 cm³/mol. The summed E-state index contributed by atoms with van der Waals surface area (Å²) in [5.41, 5.74) is 0.536. The summed E-state index contributed by atoms with van der Waals surface area (Å²) in [5.74, 6) is 2.32. The first-order valence-corrected chi connectivity index (χ1v) is 7.53. The number of nitrogens with zero attached hydrogens (tertiary/aromatic N) is 1. The van der Waals surface area contributed by atoms with Crippen molar-refractivity contribution in [1.82, 2.24) is 4.31 Å². The molecule has 0 radical (unpaired) electrons. The molecule has 0 fully saturated rings. The van der Waals surface area contributed by atoms with E-state index in [0.29, 0.717) is 16.6 Å². The molecule has 0 amide bonds. The topological polar surface area (TPSA) is 57.6 Å². The van der Waals surface area contributed by atoms with Gasteiger partial charge in [0.15, 0.2) is 0 Å². The van der Waals surface area contributed by atoms with Crippen LogP contribution in [0.15, 0.2) is 27.6 Å². The third-order valence-electron chi connectivity index (χ3n) is 2.42. The molecule has 0 saturated carbocycles. The highest BCUT2D eigenvalue weighted by Crippen LogP contribution is 2.26. The predicted octanol–water partition coefficient (Wildman–Crippen LogP) is 1.59. The van der Waals surface area contributed by atoms with Crippen LogP contribution in [-0.4, -0.2) is 30.9 Å². The van der Waals surface area contributed by atoms with Gasteiger partial charge in [0.1, 0.15) is 0 Å². The maximum absolute atomic E-state index is 12.4. The van der Waals surface area contributed by atoms with Gasteiger partial charge in [-0.15, -0.1) is 6.42 Å². The zero-order valence-corrected chi connectivity index (χ0v) is 12.3. The summed E-state index contributed by atoms with van der Waals surface area (Å²) < 4.78 is 26.4. The van der Waals surface area contributed by atoms with Crippen LogP contribution in [0.1, 0.15) is 12.5 Å². The fourth-order valence-corrected chi connectivity index (χ4v) is 3.79. The number of halogens is 1. The van der Waals surface area contributed by atoms with Gasteiger partial charge < -0.3 is 5.11 Å². The largest absolute Gasteiger partial charge is 0.392 e. The normalized spacial score (nSPS) is 11.5. The summed E-state index contributed by atoms with van der Waals surface area (Å²) in [5, 5.41) is 9.06. The summed E-state index contributed by atoms with van der Waals surface area (Å²) in [6, 6.07) is 4.70. The molecule has 0 aromatic heterocycles. The standard InChI is InChI=1S/C12H14BrNO3S/c1-3-7-14(4-2)18(16,17)12-8-10(9-15)5-6-11(12)13/h1,5-6,8,15H,4,7,9H2,2H3. The van der Waals surface area contributed by atoms with Gasteiger partial charge in [0.05, 0.1) is 18.0 Å². The lowest BCUT2D eigenvalue weighted by Gasteiger charge is -2.19. The minimum atomic E-state index is -3.64. The van der Waals surface area contributed by atoms with E-state index >= 15 is 0 Å². The Morgan fingerprint density at radius 3 is 2.67 bits per heavy atom. The minimum Gasteiger partial charge on any atom is -0.392 e. The SMILES string of the molecule is C#CCN(CC)S(=O)(=O)c1cc(CO)ccc1Br. The first-order valence-electron chi connectivity index (χ1n) is 5.30. The minimum absolute atomic E-state index is 0.0224. The van der Waals surface area contributed by atoms with Gasteiger partial charge in [-0.3, -0.25) is 0 Å². The van der Waals surface area contributed by atoms with Gasteiger partial charge in [-0.2, -0.15) is 4.31 Å². The van der Waals surface area contributed by atoms with E-state index in [2.05, 4.69) is 21.9 Å². The molecule has 0 aliphatic heterocycles. The zero-order valence-electron chi connectivity index (χ0n) is 9.93. The van der Waals surface area contributed by atoms with E-state index in [0.717, 1.165) is 0 Å². The molecule has 0 atom stereocenters. The van der Waals surface area contributed by atoms with Crippen molar-refractivity contribution in [3.8, 4) is 12.3 Å². The van der Waals surface area contributed by atoms with Crippen molar-refractivity contribution in [2.75, 3.05) is 13.1 Å². The Morgan fingerprint density at radius 2 is 2.17 bits per heavy atom. The number of benzene rings is 1. The zero-order chi connectivity index (χ0) is 13.8. The maximum Gasteiger partial charge on any atom is 0.245 e. The molecule has 98 valence electrons. The Morgan fingerprint density at radius 1 is 1.50 bits per heavy atom. The van der Waals surface area contributed by atoms with Crippen molar-refractivity contribution < 1.29 is 13.5 Å². The first kappa shape index (κ1) is 15.2. The lowest BCUT2D eigenvalue weighted by molar-refractivity contribution is 0.281. The second-order valence-electron chi connectivity index (χ2n) is 3.56. The molecule has 1 aromatic rings. The molecule has 1 rings (SSSR count). The first-order chi connectivity index (χ1) is 8.47. The summed E-state index contributed by atoms with van der Waals surface area (Å²) >= 11 is 3.20. The van der Waals surface area contributed by atoms with Crippen LogP contribution in [0.5, 0.6) is 0 Å². The highest BCUT2D eigenvalue weighted by Gasteiger charge is 2.24. The smallest absolute Gasteiger partial charge is 0.245 e. The molecular formula is C12H14BrNO3S. The molecular weight excluding hydrogens is 318 g/mol. The second kappa shape index (κ2) is 6.34. The number of aliphatic hydroxyl groups is 1. The summed E-state index contributed by atoms with van der Waals surface area (Å²) in [4.78, 5) is 0.117. The van der Waals surface area contributed by atoms with Gasteiger partial charge in [-0.25, -0.2) is 8.42 Å². The third kappa shape index (κ3) is 3.12. The van der Waals surface area contributed by atoms with E-state index in [1.54, 1.807) is 19.1 Å². The molecule has 0 aliphatic rings. The van der Waals surface area contributed by atoms with E-state index in [1.165, 1.54) is 10.4 Å². The fourth-order valence-electron chi connectivity index (χ4n) is 1.45. The molecule has 0 aliphatic carbocycles. The number of terminal acetylenes is 1. The van der Waals surface area contributed by atoms with Crippen LogP contribution in [0.3, 0.4) is 0 Å². The van der Waals surface area contributed by atoms with Crippen LogP contribution in [0, 0.1) is 12.3 Å². The van der Waals surface area contributed by atoms with Crippen LogP contribution in [0.2, 0.25) is 0 Å². The molecule has 0 bridgehead atoms. The molecule has 6 heteroatoms. The number of rotatable bonds is 5. The van der Waals surface area contributed by atoms with Crippen molar-refractivity contribution >= 4 is 26.0 Å². The summed E-state index contributed by atoms with van der Waals surface area (Å²) in [6.45, 7) is 1.83. The lowest BCUT2D eigenvalue weighted by Crippen LogP contribution is -2.31. The van der Waals surface area contributed by atoms with Gasteiger partial charge in [-0.05, 0) is 33.6 Å². The molecule has 1 aromatic carbocycles. The highest BCUT2D eigenvalue weighted by atomic mass is 79.9. The average molecular weight is 332 g/mol. The molecule has 0 spiro atoms. The van der Waals surface area contributed by atoms with Crippen molar-refractivity contribution in [2.24, 2.45) is 0 Å². The van der Waals surface area contributed by atoms with Gasteiger partial charge in [0.2, 0.25) is 10.0 Å². The number of hydrogen-bond donors (Lipinski definition) is 1. The van der Waals surface area contributed by atoms with E-state index < -0.39 is 10.0 Å². The Labute approximate surface area is 116 Å². The van der Waals surface area contributed by atoms with Gasteiger partial charge >= 0.3 is 0 Å². The van der Waals surface area contributed by atoms with Crippen LogP contribution >= 0.6 is 15.9 Å². The van der Waals surface area contributed by atoms with Crippen molar-refractivity contribution in [2.45, 2.75) is 18.4 Å². The molecule has 0 heterocycles. The van der Waals surface area contributed by atoms with E-state index in [1.807, 2.05) is 0 Å².